The summed E-state index contributed by atoms with van der Waals surface area (Å²) in [4.78, 5) is 18.0. The third-order valence-electron chi connectivity index (χ3n) is 3.73. The van der Waals surface area contributed by atoms with E-state index in [0.717, 1.165) is 18.7 Å². The molecule has 2 rings (SSSR count). The minimum Gasteiger partial charge on any atom is -0.503 e. The number of aromatic hydroxyl groups is 1. The zero-order valence-electron chi connectivity index (χ0n) is 13.8. The number of rotatable bonds is 10. The summed E-state index contributed by atoms with van der Waals surface area (Å²) in [5.41, 5.74) is 0.514. The van der Waals surface area contributed by atoms with E-state index in [1.807, 2.05) is 27.5 Å². The van der Waals surface area contributed by atoms with Crippen LogP contribution in [-0.4, -0.2) is 37.2 Å². The zero-order chi connectivity index (χ0) is 17.4. The molecule has 0 aromatic carbocycles. The van der Waals surface area contributed by atoms with E-state index >= 15 is 0 Å². The lowest BCUT2D eigenvalue weighted by atomic mass is 10.2. The van der Waals surface area contributed by atoms with Crippen molar-refractivity contribution in [3.63, 3.8) is 0 Å². The van der Waals surface area contributed by atoms with Crippen LogP contribution in [0.2, 0.25) is 0 Å². The molecule has 0 atom stereocenters. The molecule has 0 amide bonds. The Morgan fingerprint density at radius 3 is 2.62 bits per heavy atom. The Balaban J connectivity index is 2.12. The minimum atomic E-state index is -0.354. The van der Waals surface area contributed by atoms with E-state index in [0.29, 0.717) is 26.2 Å². The van der Waals surface area contributed by atoms with Crippen molar-refractivity contribution in [2.24, 2.45) is 0 Å². The SMILES string of the molecule is C=CCN(CC=C)Cc1cc(=O)c(O)cn1CCCn1ccnc1. The highest BCUT2D eigenvalue weighted by molar-refractivity contribution is 5.20. The number of pyridine rings is 1. The second kappa shape index (κ2) is 8.88. The molecule has 2 aromatic rings. The van der Waals surface area contributed by atoms with E-state index in [-0.39, 0.29) is 11.2 Å². The van der Waals surface area contributed by atoms with Gasteiger partial charge in [-0.05, 0) is 6.42 Å². The molecule has 2 aromatic heterocycles. The van der Waals surface area contributed by atoms with E-state index in [4.69, 9.17) is 0 Å². The van der Waals surface area contributed by atoms with Gasteiger partial charge in [0.15, 0.2) is 5.75 Å². The second-order valence-corrected chi connectivity index (χ2v) is 5.63. The number of aryl methyl sites for hydroxylation is 2. The van der Waals surface area contributed by atoms with Gasteiger partial charge in [-0.2, -0.15) is 0 Å². The lowest BCUT2D eigenvalue weighted by Gasteiger charge is -2.22. The Bertz CT molecular complexity index is 709. The zero-order valence-corrected chi connectivity index (χ0v) is 13.8. The van der Waals surface area contributed by atoms with Gasteiger partial charge in [0, 0.05) is 56.9 Å². The highest BCUT2D eigenvalue weighted by Gasteiger charge is 2.10. The first kappa shape index (κ1) is 17.7. The maximum Gasteiger partial charge on any atom is 0.223 e. The molecule has 0 spiro atoms. The fourth-order valence-corrected chi connectivity index (χ4v) is 2.59. The summed E-state index contributed by atoms with van der Waals surface area (Å²) < 4.78 is 3.94. The van der Waals surface area contributed by atoms with Crippen molar-refractivity contribution < 1.29 is 5.11 Å². The largest absolute Gasteiger partial charge is 0.503 e. The van der Waals surface area contributed by atoms with Crippen LogP contribution in [-0.2, 0) is 19.6 Å². The highest BCUT2D eigenvalue weighted by Crippen LogP contribution is 2.10. The van der Waals surface area contributed by atoms with E-state index < -0.39 is 0 Å². The van der Waals surface area contributed by atoms with Crippen molar-refractivity contribution in [2.75, 3.05) is 13.1 Å². The van der Waals surface area contributed by atoms with Crippen LogP contribution in [0.5, 0.6) is 5.75 Å². The molecule has 0 fully saturated rings. The van der Waals surface area contributed by atoms with E-state index in [1.165, 1.54) is 12.3 Å². The third kappa shape index (κ3) is 4.96. The molecule has 0 saturated carbocycles. The Hall–Kier alpha value is -2.60. The van der Waals surface area contributed by atoms with E-state index in [9.17, 15) is 9.90 Å². The van der Waals surface area contributed by atoms with Gasteiger partial charge in [-0.1, -0.05) is 12.2 Å². The van der Waals surface area contributed by atoms with Crippen LogP contribution in [0.25, 0.3) is 0 Å². The second-order valence-electron chi connectivity index (χ2n) is 5.63. The topological polar surface area (TPSA) is 63.3 Å². The highest BCUT2D eigenvalue weighted by atomic mass is 16.3. The molecule has 2 heterocycles. The molecule has 0 radical (unpaired) electrons. The average molecular weight is 328 g/mol. The van der Waals surface area contributed by atoms with Gasteiger partial charge in [-0.15, -0.1) is 13.2 Å². The van der Waals surface area contributed by atoms with Crippen molar-refractivity contribution in [1.82, 2.24) is 19.0 Å². The lowest BCUT2D eigenvalue weighted by Crippen LogP contribution is -2.26. The van der Waals surface area contributed by atoms with Crippen molar-refractivity contribution in [2.45, 2.75) is 26.1 Å². The summed E-state index contributed by atoms with van der Waals surface area (Å²) in [6.07, 6.45) is 11.5. The molecular formula is C18H24N4O2. The normalized spacial score (nSPS) is 10.9. The van der Waals surface area contributed by atoms with E-state index in [1.54, 1.807) is 12.5 Å². The van der Waals surface area contributed by atoms with Crippen LogP contribution in [0.1, 0.15) is 12.1 Å². The predicted molar refractivity (Wildman–Crippen MR) is 94.9 cm³/mol. The Morgan fingerprint density at radius 2 is 2.00 bits per heavy atom. The summed E-state index contributed by atoms with van der Waals surface area (Å²) in [6.45, 7) is 11.1. The molecule has 0 saturated heterocycles. The first-order valence-electron chi connectivity index (χ1n) is 7.96. The van der Waals surface area contributed by atoms with Gasteiger partial charge in [0.25, 0.3) is 0 Å². The first-order chi connectivity index (χ1) is 11.6. The third-order valence-corrected chi connectivity index (χ3v) is 3.73. The van der Waals surface area contributed by atoms with Gasteiger partial charge < -0.3 is 14.2 Å². The van der Waals surface area contributed by atoms with Gasteiger partial charge in [-0.3, -0.25) is 9.69 Å². The molecular weight excluding hydrogens is 304 g/mol. The Morgan fingerprint density at radius 1 is 1.25 bits per heavy atom. The summed E-state index contributed by atoms with van der Waals surface area (Å²) in [6, 6.07) is 1.51. The molecule has 0 unspecified atom stereocenters. The van der Waals surface area contributed by atoms with Crippen LogP contribution in [0.15, 0.2) is 61.1 Å². The minimum absolute atomic E-state index is 0.222. The number of hydrogen-bond donors (Lipinski definition) is 1. The van der Waals surface area contributed by atoms with Gasteiger partial charge >= 0.3 is 0 Å². The summed E-state index contributed by atoms with van der Waals surface area (Å²) in [5, 5.41) is 9.75. The van der Waals surface area contributed by atoms with Crippen LogP contribution < -0.4 is 5.43 Å². The predicted octanol–water partition coefficient (Wildman–Crippen LogP) is 2.01. The van der Waals surface area contributed by atoms with Crippen molar-refractivity contribution in [1.29, 1.82) is 0 Å². The first-order valence-corrected chi connectivity index (χ1v) is 7.96. The number of hydrogen-bond acceptors (Lipinski definition) is 4. The van der Waals surface area contributed by atoms with Crippen LogP contribution in [0, 0.1) is 0 Å². The smallest absolute Gasteiger partial charge is 0.223 e. The van der Waals surface area contributed by atoms with Gasteiger partial charge in [-0.25, -0.2) is 4.98 Å². The van der Waals surface area contributed by atoms with Gasteiger partial charge in [0.1, 0.15) is 0 Å². The number of nitrogens with zero attached hydrogens (tertiary/aromatic N) is 4. The molecule has 1 N–H and O–H groups in total. The van der Waals surface area contributed by atoms with Gasteiger partial charge in [0.05, 0.1) is 12.5 Å². The summed E-state index contributed by atoms with van der Waals surface area (Å²) >= 11 is 0. The van der Waals surface area contributed by atoms with Gasteiger partial charge in [0.2, 0.25) is 5.43 Å². The summed E-state index contributed by atoms with van der Waals surface area (Å²) in [7, 11) is 0. The monoisotopic (exact) mass is 328 g/mol. The maximum atomic E-state index is 11.8. The van der Waals surface area contributed by atoms with Crippen LogP contribution >= 0.6 is 0 Å². The fraction of sp³-hybridized carbons (Fsp3) is 0.333. The molecule has 128 valence electrons. The maximum absolute atomic E-state index is 11.8. The molecule has 0 aliphatic heterocycles. The molecule has 0 aliphatic rings. The fourth-order valence-electron chi connectivity index (χ4n) is 2.59. The summed E-state index contributed by atoms with van der Waals surface area (Å²) in [5.74, 6) is -0.222. The van der Waals surface area contributed by atoms with E-state index in [2.05, 4.69) is 23.0 Å². The van der Waals surface area contributed by atoms with Crippen LogP contribution in [0.4, 0.5) is 0 Å². The molecule has 0 aliphatic carbocycles. The molecule has 6 heteroatoms. The molecule has 0 bridgehead atoms. The average Bonchev–Trinajstić information content (AvgIpc) is 3.06. The molecule has 24 heavy (non-hydrogen) atoms. The van der Waals surface area contributed by atoms with Crippen molar-refractivity contribution >= 4 is 0 Å². The Labute approximate surface area is 142 Å². The quantitative estimate of drug-likeness (QED) is 0.678. The van der Waals surface area contributed by atoms with Crippen LogP contribution in [0.3, 0.4) is 0 Å². The number of aromatic nitrogens is 3. The lowest BCUT2D eigenvalue weighted by molar-refractivity contribution is 0.314. The van der Waals surface area contributed by atoms with Crippen molar-refractivity contribution in [3.05, 3.63) is 72.2 Å². The standard InChI is InChI=1S/C18H24N4O2/c1-3-7-20(8-4-2)13-16-12-17(23)18(24)14-22(16)10-5-9-21-11-6-19-15-21/h3-4,6,11-12,14-15,24H,1-2,5,7-10,13H2. The number of imidazole rings is 1. The Kier molecular flexibility index (Phi) is 6.57. The van der Waals surface area contributed by atoms with Crippen molar-refractivity contribution in [3.8, 4) is 5.75 Å². The molecule has 6 nitrogen and oxygen atoms in total.